The van der Waals surface area contributed by atoms with E-state index in [1.165, 1.54) is 6.08 Å². The largest absolute Gasteiger partial charge is 0.481 e. The van der Waals surface area contributed by atoms with Crippen LogP contribution in [0.5, 0.6) is 5.75 Å². The predicted molar refractivity (Wildman–Crippen MR) is 204 cm³/mol. The highest BCUT2D eigenvalue weighted by molar-refractivity contribution is 6.06. The number of nitrogens with one attached hydrogen (secondary N) is 1. The van der Waals surface area contributed by atoms with E-state index >= 15 is 0 Å². The van der Waals surface area contributed by atoms with Crippen LogP contribution in [0.15, 0.2) is 37.1 Å². The lowest BCUT2D eigenvalue weighted by molar-refractivity contribution is -0.153. The minimum atomic E-state index is -4.58. The Balaban J connectivity index is 1.19. The fraction of sp³-hybridized carbons (Fsp3) is 0.537. The van der Waals surface area contributed by atoms with Crippen molar-refractivity contribution in [2.45, 2.75) is 75.9 Å². The maximum atomic E-state index is 14.2. The lowest BCUT2D eigenvalue weighted by Crippen LogP contribution is -2.61. The van der Waals surface area contributed by atoms with Gasteiger partial charge in [-0.15, -0.1) is 0 Å². The number of aryl methyl sites for hydroxylation is 1. The summed E-state index contributed by atoms with van der Waals surface area (Å²) in [6, 6.07) is 8.46. The molecule has 288 valence electrons. The van der Waals surface area contributed by atoms with Crippen molar-refractivity contribution in [1.82, 2.24) is 30.0 Å². The Morgan fingerprint density at radius 3 is 2.40 bits per heavy atom. The average molecular weight is 754 g/mol. The van der Waals surface area contributed by atoms with Crippen molar-refractivity contribution in [1.29, 1.82) is 5.26 Å². The van der Waals surface area contributed by atoms with Crippen LogP contribution in [-0.2, 0) is 4.79 Å². The smallest absolute Gasteiger partial charge is 0.422 e. The van der Waals surface area contributed by atoms with E-state index in [0.29, 0.717) is 73.9 Å². The number of aromatic amines is 1. The third-order valence-corrected chi connectivity index (χ3v) is 13.0. The predicted octanol–water partition coefficient (Wildman–Crippen LogP) is 6.87. The summed E-state index contributed by atoms with van der Waals surface area (Å²) in [5.41, 5.74) is 4.28. The van der Waals surface area contributed by atoms with Crippen LogP contribution >= 0.6 is 0 Å². The first-order valence-corrected chi connectivity index (χ1v) is 19.5. The Labute approximate surface area is 318 Å². The van der Waals surface area contributed by atoms with Gasteiger partial charge in [0.05, 0.1) is 24.2 Å². The van der Waals surface area contributed by atoms with Gasteiger partial charge in [-0.25, -0.2) is 4.98 Å². The number of anilines is 2. The fourth-order valence-electron chi connectivity index (χ4n) is 9.56. The molecule has 9 rings (SSSR count). The normalized spacial score (nSPS) is 21.0. The molecule has 1 N–H and O–H groups in total. The number of rotatable bonds is 9. The number of alkyl halides is 3. The van der Waals surface area contributed by atoms with Crippen LogP contribution in [0.4, 0.5) is 24.9 Å². The van der Waals surface area contributed by atoms with Gasteiger partial charge in [0.25, 0.3) is 0 Å². The first-order chi connectivity index (χ1) is 26.5. The second-order valence-corrected chi connectivity index (χ2v) is 16.5. The summed E-state index contributed by atoms with van der Waals surface area (Å²) >= 11 is 0. The van der Waals surface area contributed by atoms with Gasteiger partial charge >= 0.3 is 6.18 Å². The van der Waals surface area contributed by atoms with Crippen LogP contribution in [0, 0.1) is 23.7 Å². The molecule has 0 atom stereocenters. The Morgan fingerprint density at radius 1 is 1.04 bits per heavy atom. The Bertz CT molecular complexity index is 2200. The zero-order valence-electron chi connectivity index (χ0n) is 31.2. The molecular weight excluding hydrogens is 708 g/mol. The summed E-state index contributed by atoms with van der Waals surface area (Å²) in [5.74, 6) is 1.40. The van der Waals surface area contributed by atoms with E-state index in [0.717, 1.165) is 85.6 Å². The van der Waals surface area contributed by atoms with Crippen molar-refractivity contribution < 1.29 is 22.7 Å². The number of nitriles is 1. The van der Waals surface area contributed by atoms with Crippen LogP contribution in [-0.4, -0.2) is 107 Å². The van der Waals surface area contributed by atoms with Gasteiger partial charge < -0.3 is 19.4 Å². The highest BCUT2D eigenvalue weighted by atomic mass is 19.4. The number of hydrogen-bond donors (Lipinski definition) is 1. The number of aromatic nitrogens is 4. The monoisotopic (exact) mass is 753 g/mol. The van der Waals surface area contributed by atoms with Gasteiger partial charge in [-0.2, -0.15) is 28.5 Å². The molecule has 5 aliphatic rings. The van der Waals surface area contributed by atoms with E-state index in [-0.39, 0.29) is 28.5 Å². The number of hydrogen-bond acceptors (Lipinski definition) is 9. The van der Waals surface area contributed by atoms with Crippen LogP contribution in [0.3, 0.4) is 0 Å². The number of likely N-dealkylation sites (tertiary alicyclic amines) is 2. The quantitative estimate of drug-likeness (QED) is 0.183. The third kappa shape index (κ3) is 6.34. The molecule has 1 amide bonds. The van der Waals surface area contributed by atoms with E-state index < -0.39 is 12.8 Å². The summed E-state index contributed by atoms with van der Waals surface area (Å²) < 4.78 is 48.5. The molecule has 1 spiro atoms. The van der Waals surface area contributed by atoms with Crippen molar-refractivity contribution >= 4 is 39.5 Å². The zero-order chi connectivity index (χ0) is 38.1. The molecule has 0 unspecified atom stereocenters. The van der Waals surface area contributed by atoms with Crippen LogP contribution in [0.1, 0.15) is 68.4 Å². The first kappa shape index (κ1) is 35.8. The molecular formula is C41H46F3N9O2. The fourth-order valence-corrected chi connectivity index (χ4v) is 9.56. The SMILES string of the molecule is C=CC(=O)N1CC2(CCN(c3nc(N4CCC(CC#N)(N5CCC5)CC4)nc4c(OCC(F)(F)F)c(-c5c(C)ccc6[nH]ncc56)c(C5CC5)cc34)CC2)C1. The minimum Gasteiger partial charge on any atom is -0.481 e. The first-order valence-electron chi connectivity index (χ1n) is 19.5. The Hall–Kier alpha value is -4.90. The van der Waals surface area contributed by atoms with Crippen LogP contribution < -0.4 is 14.5 Å². The lowest BCUT2D eigenvalue weighted by Gasteiger charge is -2.54. The van der Waals surface area contributed by atoms with Crippen LogP contribution in [0.25, 0.3) is 32.9 Å². The van der Waals surface area contributed by atoms with E-state index in [1.54, 1.807) is 6.20 Å². The van der Waals surface area contributed by atoms with Crippen molar-refractivity contribution in [2.24, 2.45) is 5.41 Å². The van der Waals surface area contributed by atoms with Gasteiger partial charge in [-0.1, -0.05) is 12.6 Å². The molecule has 1 aliphatic carbocycles. The number of piperidine rings is 2. The number of ether oxygens (including phenoxy) is 1. The van der Waals surface area contributed by atoms with Crippen LogP contribution in [0.2, 0.25) is 0 Å². The van der Waals surface area contributed by atoms with E-state index in [2.05, 4.69) is 43.6 Å². The molecule has 4 aliphatic heterocycles. The van der Waals surface area contributed by atoms with E-state index in [1.807, 2.05) is 24.0 Å². The standard InChI is InChI=1S/C41H46F3N9O2/c1-3-32(54)52-23-39(24-52)10-17-50(18-11-39)37-29-21-28(27-6-7-27)34(33-26(2)5-8-31-30(33)22-46-49-31)36(55-25-41(42,43)44)35(29)47-38(48-37)51-19-12-40(9-14-45,13-20-51)53-15-4-16-53/h3,5,8,21-22,27H,1,4,6-7,9-13,15-20,23-25H2,2H3,(H,46,49). The average Bonchev–Trinajstić information content (AvgIpc) is 3.87. The Morgan fingerprint density at radius 2 is 1.76 bits per heavy atom. The number of carbonyl (C=O) groups excluding carboxylic acids is 1. The molecule has 2 aromatic heterocycles. The Kier molecular flexibility index (Phi) is 8.71. The van der Waals surface area contributed by atoms with E-state index in [9.17, 15) is 23.2 Å². The topological polar surface area (TPSA) is 118 Å². The van der Waals surface area contributed by atoms with Crippen molar-refractivity contribution in [3.63, 3.8) is 0 Å². The summed E-state index contributed by atoms with van der Waals surface area (Å²) in [4.78, 5) is 31.4. The number of fused-ring (bicyclic) bond motifs is 2. The summed E-state index contributed by atoms with van der Waals surface area (Å²) in [5, 5.41) is 18.6. The number of nitrogens with zero attached hydrogens (tertiary/aromatic N) is 8. The van der Waals surface area contributed by atoms with Crippen molar-refractivity contribution in [3.8, 4) is 22.9 Å². The highest BCUT2D eigenvalue weighted by Gasteiger charge is 2.47. The number of carbonyl (C=O) groups is 1. The van der Waals surface area contributed by atoms with E-state index in [4.69, 9.17) is 14.7 Å². The molecule has 2 aromatic carbocycles. The molecule has 1 saturated carbocycles. The van der Waals surface area contributed by atoms with Gasteiger partial charge in [0.1, 0.15) is 11.3 Å². The summed E-state index contributed by atoms with van der Waals surface area (Å²) in [7, 11) is 0. The molecule has 0 bridgehead atoms. The van der Waals surface area contributed by atoms with Crippen molar-refractivity contribution in [3.05, 3.63) is 48.2 Å². The molecule has 6 heterocycles. The van der Waals surface area contributed by atoms with Crippen molar-refractivity contribution in [2.75, 3.05) is 68.8 Å². The third-order valence-electron chi connectivity index (χ3n) is 13.0. The number of halogens is 3. The minimum absolute atomic E-state index is 0.0305. The summed E-state index contributed by atoms with van der Waals surface area (Å²) in [6.07, 6.45) is 5.22. The number of benzene rings is 2. The molecule has 4 saturated heterocycles. The zero-order valence-corrected chi connectivity index (χ0v) is 31.2. The molecule has 0 radical (unpaired) electrons. The second-order valence-electron chi connectivity index (χ2n) is 16.5. The molecule has 5 fully saturated rings. The summed E-state index contributed by atoms with van der Waals surface area (Å²) in [6.45, 7) is 10.2. The molecule has 11 nitrogen and oxygen atoms in total. The van der Waals surface area contributed by atoms with Gasteiger partial charge in [-0.05, 0) is 106 Å². The highest BCUT2D eigenvalue weighted by Crippen LogP contribution is 2.53. The maximum Gasteiger partial charge on any atom is 0.422 e. The molecule has 55 heavy (non-hydrogen) atoms. The molecule has 4 aromatic rings. The van der Waals surface area contributed by atoms with Gasteiger partial charge in [0, 0.05) is 66.6 Å². The van der Waals surface area contributed by atoms with Gasteiger partial charge in [0.15, 0.2) is 12.4 Å². The molecule has 14 heteroatoms. The van der Waals surface area contributed by atoms with Gasteiger partial charge in [-0.3, -0.25) is 14.8 Å². The lowest BCUT2D eigenvalue weighted by atomic mass is 9.72. The number of H-pyrrole nitrogens is 1. The second kappa shape index (κ2) is 13.4. The number of amides is 1. The maximum absolute atomic E-state index is 14.2. The van der Waals surface area contributed by atoms with Gasteiger partial charge in [0.2, 0.25) is 11.9 Å².